The number of carbonyl (C=O) groups is 18. The first-order valence-corrected chi connectivity index (χ1v) is 45.8. The van der Waals surface area contributed by atoms with Crippen LogP contribution in [0, 0.1) is 0 Å². The van der Waals surface area contributed by atoms with Gasteiger partial charge < -0.3 is 127 Å². The lowest BCUT2D eigenvalue weighted by atomic mass is 9.99. The molecule has 2 aromatic heterocycles. The number of rotatable bonds is 26. The molecule has 5 heterocycles. The van der Waals surface area contributed by atoms with E-state index in [1.165, 1.54) is 73.5 Å². The summed E-state index contributed by atoms with van der Waals surface area (Å²) in [5, 5.41) is 60.7. The van der Waals surface area contributed by atoms with Gasteiger partial charge in [-0.05, 0) is 123 Å². The van der Waals surface area contributed by atoms with Crippen molar-refractivity contribution >= 4 is 150 Å². The zero-order chi connectivity index (χ0) is 96.0. The minimum absolute atomic E-state index is 0.00214. The van der Waals surface area contributed by atoms with Gasteiger partial charge in [0.05, 0.1) is 24.8 Å². The number of nitrogens with zero attached hydrogens (tertiary/aromatic N) is 5. The number of carboxylic acids is 1. The summed E-state index contributed by atoms with van der Waals surface area (Å²) in [4.78, 5) is 269. The largest absolute Gasteiger partial charge is 0.508 e. The highest BCUT2D eigenvalue weighted by Crippen LogP contribution is 2.30. The number of benzene rings is 3. The standard InChI is InChI=1S/C87H123N21O21S2/c1-7-9-21-65-80(122)97-56(20-15-32-88)76(118)103-64(75(117)94-42-71(92)112)45-130-46-72(113)95-60(35-48-25-27-51(109)28-26-48)83(125)104(4)47(3)74(116)100-62(39-70(91)111)86(128)107-34-16-23-66(107)81(123)102-63(40-90)79(121)98-58(29-30-73(114)115)85(127)108-43-52(110)38-68(108)82(124)99-59(36-49-41-93-55-19-13-11-17-53(49)55)78(120)96-57(31-33-89)77(119)101-61(37-50-44-131-69-24-14-12-18-54(50)69)84(126)106(6)67(22-10-8-2)87(129)105(65)5/h11-14,17-19,24-28,41,44,47,52,56-68,93,109-110H,7-10,15-16,20-23,29-40,42-43,45-46,88-90H2,1-6H3,(H2,91,111)(H2,92,112)(H,94,117)(H,95,113)(H,96,120)(H,97,122)(H,98,121)(H,99,124)(H,100,116)(H,101,119)(H,102,123)(H,103,118)(H,114,115)/t47-,52+,56-,57-,58-,59-,60-,61-,62-,63-,64-,65-,66-,67-,68-/m0/s1. The summed E-state index contributed by atoms with van der Waals surface area (Å²) >= 11 is 2.13. The highest BCUT2D eigenvalue weighted by atomic mass is 32.2. The number of aromatic hydroxyl groups is 1. The molecule has 0 saturated carbocycles. The molecule has 3 saturated heterocycles. The van der Waals surface area contributed by atoms with Crippen LogP contribution >= 0.6 is 23.1 Å². The maximum Gasteiger partial charge on any atom is 0.303 e. The topological polar surface area (TPSA) is 650 Å². The SMILES string of the molecule is CCCC[C@H]1C(=O)N(C)[C@@H](CCCC)C(=O)N[C@@H](CCCN)C(=O)N[C@H](C(=O)NCC(N)=O)CSCC(=O)N[C@@H](Cc2ccc(O)cc2)C(=O)N(C)[C@@H](C)C(=O)N[C@@H](CC(N)=O)C(=O)N2CCC[C@H]2C(=O)N[C@@H](CN)C(=O)N[C@@H](CCC(=O)O)C(=O)N2C[C@H](O)C[C@H]2C(=O)N[C@@H](Cc2c[nH]c3ccccc23)C(=O)N[C@@H](CCN)C(=O)N[C@@H](Cc2csc3ccccc23)C(=O)N1C. The van der Waals surface area contributed by atoms with Crippen molar-refractivity contribution < 1.29 is 102 Å². The van der Waals surface area contributed by atoms with Crippen LogP contribution in [0.5, 0.6) is 5.75 Å². The number of hydrogen-bond acceptors (Lipinski definition) is 25. The van der Waals surface area contributed by atoms with E-state index < -0.39 is 254 Å². The van der Waals surface area contributed by atoms with Crippen LogP contribution in [0.1, 0.15) is 134 Å². The van der Waals surface area contributed by atoms with E-state index in [0.29, 0.717) is 53.3 Å². The Morgan fingerprint density at radius 2 is 1.09 bits per heavy atom. The Morgan fingerprint density at radius 3 is 1.76 bits per heavy atom. The molecule has 3 aliphatic heterocycles. The van der Waals surface area contributed by atoms with Crippen LogP contribution in [0.4, 0.5) is 0 Å². The third-order valence-electron chi connectivity index (χ3n) is 23.4. The molecule has 5 aromatic rings. The minimum atomic E-state index is -1.83. The molecular weight excluding hydrogens is 1740 g/mol. The number of phenols is 1. The number of carbonyl (C=O) groups excluding carboxylic acids is 17. The number of likely N-dealkylation sites (N-methyl/N-ethyl adjacent to an activating group) is 3. The summed E-state index contributed by atoms with van der Waals surface area (Å²) in [5.41, 5.74) is 31.5. The van der Waals surface area contributed by atoms with E-state index >= 15 is 33.6 Å². The number of aromatic nitrogens is 1. The number of fused-ring (bicyclic) bond motifs is 4. The lowest BCUT2D eigenvalue weighted by Gasteiger charge is -2.36. The zero-order valence-corrected chi connectivity index (χ0v) is 75.9. The van der Waals surface area contributed by atoms with Gasteiger partial charge in [-0.3, -0.25) is 86.3 Å². The first-order chi connectivity index (χ1) is 62.4. The Hall–Kier alpha value is -12.4. The number of thioether (sulfide) groups is 1. The lowest BCUT2D eigenvalue weighted by molar-refractivity contribution is -0.149. The Morgan fingerprint density at radius 1 is 0.527 bits per heavy atom. The molecule has 0 radical (unpaired) electrons. The number of H-pyrrole nitrogens is 1. The van der Waals surface area contributed by atoms with Crippen molar-refractivity contribution in [3.05, 3.63) is 101 Å². The molecule has 3 fully saturated rings. The first kappa shape index (κ1) is 104. The number of phenolic OH excluding ortho intramolecular Hbond substituents is 1. The fraction of sp³-hybridized carbons (Fsp3) is 0.540. The van der Waals surface area contributed by atoms with Crippen LogP contribution in [0.3, 0.4) is 0 Å². The maximum absolute atomic E-state index is 15.8. The average Bonchev–Trinajstić information content (AvgIpc) is 1.07. The molecule has 24 N–H and O–H groups in total. The second-order valence-corrected chi connectivity index (χ2v) is 34.9. The summed E-state index contributed by atoms with van der Waals surface area (Å²) in [6.45, 7) is 2.57. The van der Waals surface area contributed by atoms with Gasteiger partial charge in [0.15, 0.2) is 0 Å². The second kappa shape index (κ2) is 50.1. The number of aromatic amines is 1. The molecule has 131 heavy (non-hydrogen) atoms. The van der Waals surface area contributed by atoms with Gasteiger partial charge in [0.25, 0.3) is 0 Å². The Kier molecular flexibility index (Phi) is 39.8. The van der Waals surface area contributed by atoms with Crippen LogP contribution in [0.15, 0.2) is 84.4 Å². The number of aliphatic hydroxyl groups is 1. The van der Waals surface area contributed by atoms with Crippen LogP contribution in [-0.4, -0.2) is 314 Å². The number of amides is 17. The smallest absolute Gasteiger partial charge is 0.303 e. The van der Waals surface area contributed by atoms with Gasteiger partial charge in [-0.15, -0.1) is 23.1 Å². The fourth-order valence-corrected chi connectivity index (χ4v) is 17.8. The van der Waals surface area contributed by atoms with Gasteiger partial charge in [-0.2, -0.15) is 0 Å². The molecule has 0 spiro atoms. The number of aliphatic carboxylic acids is 1. The fourth-order valence-electron chi connectivity index (χ4n) is 16.0. The molecule has 8 rings (SSSR count). The molecule has 714 valence electrons. The van der Waals surface area contributed by atoms with Gasteiger partial charge in [0, 0.05) is 100 Å². The number of aliphatic hydroxyl groups excluding tert-OH is 1. The quantitative estimate of drug-likeness (QED) is 0.0255. The molecule has 0 aliphatic carbocycles. The van der Waals surface area contributed by atoms with E-state index in [0.717, 1.165) is 36.5 Å². The summed E-state index contributed by atoms with van der Waals surface area (Å²) in [6.07, 6.45) is -1.84. The number of carboxylic acid groups (broad SMARTS) is 1. The van der Waals surface area contributed by atoms with E-state index in [9.17, 15) is 68.1 Å². The van der Waals surface area contributed by atoms with Crippen molar-refractivity contribution in [2.24, 2.45) is 28.7 Å². The Bertz CT molecular complexity index is 4920. The maximum atomic E-state index is 15.8. The van der Waals surface area contributed by atoms with E-state index in [2.05, 4.69) is 58.2 Å². The van der Waals surface area contributed by atoms with Gasteiger partial charge in [-0.25, -0.2) is 0 Å². The number of primary amides is 2. The highest BCUT2D eigenvalue weighted by Gasteiger charge is 2.47. The average molecular weight is 1860 g/mol. The minimum Gasteiger partial charge on any atom is -0.508 e. The molecule has 17 amide bonds. The van der Waals surface area contributed by atoms with Gasteiger partial charge >= 0.3 is 5.97 Å². The van der Waals surface area contributed by atoms with Crippen molar-refractivity contribution in [3.8, 4) is 5.75 Å². The van der Waals surface area contributed by atoms with E-state index in [4.69, 9.17) is 28.7 Å². The normalized spacial score (nSPS) is 25.1. The van der Waals surface area contributed by atoms with Crippen molar-refractivity contribution in [2.45, 2.75) is 227 Å². The van der Waals surface area contributed by atoms with Crippen LogP contribution in [-0.2, 0) is 106 Å². The number of nitrogens with two attached hydrogens (primary N) is 5. The van der Waals surface area contributed by atoms with Crippen molar-refractivity contribution in [1.29, 1.82) is 0 Å². The third kappa shape index (κ3) is 29.1. The lowest BCUT2D eigenvalue weighted by Crippen LogP contribution is -2.61. The number of para-hydroxylation sites is 1. The summed E-state index contributed by atoms with van der Waals surface area (Å²) in [7, 11) is 3.94. The summed E-state index contributed by atoms with van der Waals surface area (Å²) in [6, 6.07) is -2.19. The van der Waals surface area contributed by atoms with Gasteiger partial charge in [0.2, 0.25) is 100 Å². The third-order valence-corrected chi connectivity index (χ3v) is 25.4. The van der Waals surface area contributed by atoms with Crippen molar-refractivity contribution in [1.82, 2.24) is 82.7 Å². The van der Waals surface area contributed by atoms with Crippen molar-refractivity contribution in [3.63, 3.8) is 0 Å². The number of hydrogen-bond donors (Lipinski definition) is 19. The predicted molar refractivity (Wildman–Crippen MR) is 483 cm³/mol. The van der Waals surface area contributed by atoms with E-state index in [-0.39, 0.29) is 89.6 Å². The van der Waals surface area contributed by atoms with Crippen molar-refractivity contribution in [2.75, 3.05) is 71.9 Å². The van der Waals surface area contributed by atoms with E-state index in [1.54, 1.807) is 36.5 Å². The number of thiophene rings is 1. The monoisotopic (exact) mass is 1860 g/mol. The predicted octanol–water partition coefficient (Wildman–Crippen LogP) is -3.55. The number of nitrogens with one attached hydrogen (secondary N) is 11. The molecule has 3 aromatic carbocycles. The summed E-state index contributed by atoms with van der Waals surface area (Å²) < 4.78 is 0.826. The van der Waals surface area contributed by atoms with Crippen LogP contribution < -0.4 is 81.8 Å². The van der Waals surface area contributed by atoms with E-state index in [1.807, 2.05) is 37.4 Å². The first-order valence-electron chi connectivity index (χ1n) is 43.8. The Balaban J connectivity index is 1.19. The number of unbranched alkanes of at least 4 members (excludes halogenated alkanes) is 2. The molecule has 42 nitrogen and oxygen atoms in total. The summed E-state index contributed by atoms with van der Waals surface area (Å²) in [5.74, 6) is -18.9. The van der Waals surface area contributed by atoms with Crippen LogP contribution in [0.2, 0.25) is 0 Å². The highest BCUT2D eigenvalue weighted by molar-refractivity contribution is 8.00. The van der Waals surface area contributed by atoms with Gasteiger partial charge in [0.1, 0.15) is 90.3 Å². The zero-order valence-electron chi connectivity index (χ0n) is 74.3. The molecule has 0 bridgehead atoms. The molecular formula is C87H123N21O21S2. The molecule has 3 aliphatic rings. The Labute approximate surface area is 765 Å². The second-order valence-electron chi connectivity index (χ2n) is 33.0. The van der Waals surface area contributed by atoms with Gasteiger partial charge in [-0.1, -0.05) is 88.1 Å². The molecule has 0 unspecified atom stereocenters. The molecule has 15 atom stereocenters. The van der Waals surface area contributed by atoms with Crippen LogP contribution in [0.25, 0.3) is 21.0 Å². The molecule has 44 heteroatoms.